The smallest absolute Gasteiger partial charge is 0.335 e. The fourth-order valence-electron chi connectivity index (χ4n) is 3.02. The van der Waals surface area contributed by atoms with Gasteiger partial charge in [0.1, 0.15) is 0 Å². The fourth-order valence-corrected chi connectivity index (χ4v) is 3.02. The molecular weight excluding hydrogens is 250 g/mol. The molecule has 0 spiro atoms. The van der Waals surface area contributed by atoms with Gasteiger partial charge in [0, 0.05) is 12.2 Å². The molecule has 3 nitrogen and oxygen atoms in total. The summed E-state index contributed by atoms with van der Waals surface area (Å²) in [6, 6.07) is 5.27. The summed E-state index contributed by atoms with van der Waals surface area (Å²) < 4.78 is 0. The Bertz CT molecular complexity index is 462. The van der Waals surface area contributed by atoms with E-state index in [2.05, 4.69) is 12.2 Å². The van der Waals surface area contributed by atoms with Crippen LogP contribution in [0.3, 0.4) is 0 Å². The number of aryl methyl sites for hydroxylation is 1. The maximum Gasteiger partial charge on any atom is 0.335 e. The Morgan fingerprint density at radius 1 is 1.30 bits per heavy atom. The van der Waals surface area contributed by atoms with E-state index in [4.69, 9.17) is 5.11 Å². The van der Waals surface area contributed by atoms with E-state index >= 15 is 0 Å². The van der Waals surface area contributed by atoms with Gasteiger partial charge < -0.3 is 10.4 Å². The van der Waals surface area contributed by atoms with Gasteiger partial charge in [0.2, 0.25) is 0 Å². The molecule has 1 saturated carbocycles. The zero-order valence-electron chi connectivity index (χ0n) is 12.5. The highest BCUT2D eigenvalue weighted by atomic mass is 16.4. The highest BCUT2D eigenvalue weighted by molar-refractivity contribution is 5.88. The van der Waals surface area contributed by atoms with E-state index in [1.54, 1.807) is 12.1 Å². The molecule has 0 aliphatic heterocycles. The summed E-state index contributed by atoms with van der Waals surface area (Å²) in [5.41, 5.74) is 2.41. The van der Waals surface area contributed by atoms with Gasteiger partial charge >= 0.3 is 5.97 Å². The molecule has 0 radical (unpaired) electrons. The minimum absolute atomic E-state index is 0.356. The monoisotopic (exact) mass is 275 g/mol. The number of benzene rings is 1. The van der Waals surface area contributed by atoms with E-state index in [9.17, 15) is 4.79 Å². The lowest BCUT2D eigenvalue weighted by atomic mass is 9.81. The van der Waals surface area contributed by atoms with Crippen molar-refractivity contribution >= 4 is 11.7 Å². The summed E-state index contributed by atoms with van der Waals surface area (Å²) in [6.07, 6.45) is 6.68. The quantitative estimate of drug-likeness (QED) is 0.841. The third kappa shape index (κ3) is 3.99. The molecule has 0 atom stereocenters. The Morgan fingerprint density at radius 3 is 2.60 bits per heavy atom. The lowest BCUT2D eigenvalue weighted by Crippen LogP contribution is -2.16. The Labute approximate surface area is 121 Å². The zero-order valence-corrected chi connectivity index (χ0v) is 12.5. The molecule has 110 valence electrons. The molecule has 1 aromatic rings. The van der Waals surface area contributed by atoms with Crippen LogP contribution >= 0.6 is 0 Å². The van der Waals surface area contributed by atoms with Gasteiger partial charge in [-0.3, -0.25) is 0 Å². The van der Waals surface area contributed by atoms with Crippen LogP contribution in [0.15, 0.2) is 18.2 Å². The molecule has 0 amide bonds. The summed E-state index contributed by atoms with van der Waals surface area (Å²) in [5.74, 6) is 0.901. The molecule has 0 aromatic heterocycles. The number of carbonyl (C=O) groups is 1. The molecule has 2 N–H and O–H groups in total. The van der Waals surface area contributed by atoms with Gasteiger partial charge in [-0.2, -0.15) is 0 Å². The first-order valence-corrected chi connectivity index (χ1v) is 7.64. The van der Waals surface area contributed by atoms with Crippen LogP contribution in [0, 0.1) is 18.8 Å². The molecular formula is C17H25NO2. The Kier molecular flexibility index (Phi) is 5.05. The summed E-state index contributed by atoms with van der Waals surface area (Å²) >= 11 is 0. The molecule has 1 fully saturated rings. The van der Waals surface area contributed by atoms with Crippen LogP contribution in [0.4, 0.5) is 5.69 Å². The van der Waals surface area contributed by atoms with Crippen LogP contribution in [0.1, 0.15) is 54.9 Å². The molecule has 0 heterocycles. The van der Waals surface area contributed by atoms with Gasteiger partial charge in [-0.05, 0) is 48.9 Å². The van der Waals surface area contributed by atoms with E-state index < -0.39 is 5.97 Å². The summed E-state index contributed by atoms with van der Waals surface area (Å²) in [4.78, 5) is 10.9. The van der Waals surface area contributed by atoms with Gasteiger partial charge in [-0.15, -0.1) is 0 Å². The second-order valence-electron chi connectivity index (χ2n) is 6.18. The minimum atomic E-state index is -0.865. The van der Waals surface area contributed by atoms with Crippen LogP contribution in [0.2, 0.25) is 0 Å². The number of hydrogen-bond donors (Lipinski definition) is 2. The molecule has 0 unspecified atom stereocenters. The molecule has 3 heteroatoms. The third-order valence-electron chi connectivity index (χ3n) is 4.48. The number of anilines is 1. The standard InChI is InChI=1S/C17H25NO2/c1-12-3-5-14(6-4-12)9-10-18-16-8-7-15(17(19)20)11-13(16)2/h7-8,11-12,14,18H,3-6,9-10H2,1-2H3,(H,19,20). The van der Waals surface area contributed by atoms with Gasteiger partial charge in [-0.1, -0.05) is 32.6 Å². The fraction of sp³-hybridized carbons (Fsp3) is 0.588. The van der Waals surface area contributed by atoms with Crippen molar-refractivity contribution in [2.75, 3.05) is 11.9 Å². The molecule has 0 saturated heterocycles. The minimum Gasteiger partial charge on any atom is -0.478 e. The highest BCUT2D eigenvalue weighted by Crippen LogP contribution is 2.30. The SMILES string of the molecule is Cc1cc(C(=O)O)ccc1NCCC1CCC(C)CC1. The average molecular weight is 275 g/mol. The number of nitrogens with one attached hydrogen (secondary N) is 1. The number of rotatable bonds is 5. The summed E-state index contributed by atoms with van der Waals surface area (Å²) in [7, 11) is 0. The zero-order chi connectivity index (χ0) is 14.5. The number of hydrogen-bond acceptors (Lipinski definition) is 2. The molecule has 20 heavy (non-hydrogen) atoms. The normalized spacial score (nSPS) is 22.5. The lowest BCUT2D eigenvalue weighted by molar-refractivity contribution is 0.0697. The maximum atomic E-state index is 10.9. The first kappa shape index (κ1) is 14.9. The van der Waals surface area contributed by atoms with Gasteiger partial charge in [0.25, 0.3) is 0 Å². The first-order valence-electron chi connectivity index (χ1n) is 7.64. The Morgan fingerprint density at radius 2 is 2.00 bits per heavy atom. The first-order chi connectivity index (χ1) is 9.56. The summed E-state index contributed by atoms with van der Waals surface area (Å²) in [5, 5.41) is 12.4. The molecule has 1 aromatic carbocycles. The van der Waals surface area contributed by atoms with Crippen molar-refractivity contribution in [1.82, 2.24) is 0 Å². The third-order valence-corrected chi connectivity index (χ3v) is 4.48. The summed E-state index contributed by atoms with van der Waals surface area (Å²) in [6.45, 7) is 5.28. The van der Waals surface area contributed by atoms with E-state index in [0.717, 1.165) is 29.6 Å². The van der Waals surface area contributed by atoms with Crippen LogP contribution in [0.5, 0.6) is 0 Å². The molecule has 1 aliphatic carbocycles. The average Bonchev–Trinajstić information content (AvgIpc) is 2.42. The highest BCUT2D eigenvalue weighted by Gasteiger charge is 2.17. The van der Waals surface area contributed by atoms with Crippen LogP contribution in [-0.4, -0.2) is 17.6 Å². The number of aromatic carboxylic acids is 1. The van der Waals surface area contributed by atoms with E-state index in [1.165, 1.54) is 32.1 Å². The van der Waals surface area contributed by atoms with Crippen molar-refractivity contribution in [2.24, 2.45) is 11.8 Å². The Hall–Kier alpha value is -1.51. The van der Waals surface area contributed by atoms with Crippen LogP contribution in [0.25, 0.3) is 0 Å². The van der Waals surface area contributed by atoms with Gasteiger partial charge in [-0.25, -0.2) is 4.79 Å². The van der Waals surface area contributed by atoms with Crippen molar-refractivity contribution in [3.05, 3.63) is 29.3 Å². The predicted molar refractivity (Wildman–Crippen MR) is 82.4 cm³/mol. The molecule has 0 bridgehead atoms. The van der Waals surface area contributed by atoms with Crippen molar-refractivity contribution in [3.8, 4) is 0 Å². The van der Waals surface area contributed by atoms with Crippen molar-refractivity contribution in [3.63, 3.8) is 0 Å². The topological polar surface area (TPSA) is 49.3 Å². The Balaban J connectivity index is 1.81. The predicted octanol–water partition coefficient (Wildman–Crippen LogP) is 4.32. The second kappa shape index (κ2) is 6.78. The maximum absolute atomic E-state index is 10.9. The number of carboxylic acid groups (broad SMARTS) is 1. The van der Waals surface area contributed by atoms with Crippen molar-refractivity contribution in [1.29, 1.82) is 0 Å². The van der Waals surface area contributed by atoms with Gasteiger partial charge in [0.15, 0.2) is 0 Å². The second-order valence-corrected chi connectivity index (χ2v) is 6.18. The van der Waals surface area contributed by atoms with E-state index in [0.29, 0.717) is 5.56 Å². The van der Waals surface area contributed by atoms with Crippen molar-refractivity contribution in [2.45, 2.75) is 46.0 Å². The van der Waals surface area contributed by atoms with E-state index in [-0.39, 0.29) is 0 Å². The van der Waals surface area contributed by atoms with Crippen LogP contribution in [-0.2, 0) is 0 Å². The molecule has 1 aliphatic rings. The largest absolute Gasteiger partial charge is 0.478 e. The van der Waals surface area contributed by atoms with Crippen molar-refractivity contribution < 1.29 is 9.90 Å². The van der Waals surface area contributed by atoms with E-state index in [1.807, 2.05) is 13.0 Å². The lowest BCUT2D eigenvalue weighted by Gasteiger charge is -2.26. The van der Waals surface area contributed by atoms with Gasteiger partial charge in [0.05, 0.1) is 5.56 Å². The number of carboxylic acids is 1. The molecule has 2 rings (SSSR count). The van der Waals surface area contributed by atoms with Crippen LogP contribution < -0.4 is 5.32 Å².